The Balaban J connectivity index is 1.57. The molecule has 8 heteroatoms. The van der Waals surface area contributed by atoms with Crippen LogP contribution in [0, 0.1) is 10.1 Å². The van der Waals surface area contributed by atoms with Crippen LogP contribution < -0.4 is 4.90 Å². The first-order valence-corrected chi connectivity index (χ1v) is 10.1. The SMILES string of the molecule is O=[N+]([O-])c1cccc(C[NH+]2CCN(S(=O)(=O)Cc3ccccc3)CC2)c1. The molecule has 1 aliphatic heterocycles. The molecule has 0 atom stereocenters. The van der Waals surface area contributed by atoms with Crippen LogP contribution in [0.1, 0.15) is 11.1 Å². The lowest BCUT2D eigenvalue weighted by Gasteiger charge is -2.31. The Morgan fingerprint density at radius 1 is 1.00 bits per heavy atom. The zero-order valence-corrected chi connectivity index (χ0v) is 15.2. The molecule has 1 heterocycles. The van der Waals surface area contributed by atoms with E-state index in [0.29, 0.717) is 32.7 Å². The van der Waals surface area contributed by atoms with Gasteiger partial charge < -0.3 is 4.90 Å². The van der Waals surface area contributed by atoms with Gasteiger partial charge in [-0.2, -0.15) is 4.31 Å². The van der Waals surface area contributed by atoms with Crippen LogP contribution in [0.15, 0.2) is 54.6 Å². The molecule has 0 saturated carbocycles. The highest BCUT2D eigenvalue weighted by Gasteiger charge is 2.29. The minimum Gasteiger partial charge on any atom is -0.329 e. The van der Waals surface area contributed by atoms with E-state index in [9.17, 15) is 18.5 Å². The van der Waals surface area contributed by atoms with Gasteiger partial charge in [0.05, 0.1) is 36.9 Å². The van der Waals surface area contributed by atoms with Crippen LogP contribution in [0.2, 0.25) is 0 Å². The van der Waals surface area contributed by atoms with Crippen LogP contribution in [0.5, 0.6) is 0 Å². The lowest BCUT2D eigenvalue weighted by molar-refractivity contribution is -0.917. The summed E-state index contributed by atoms with van der Waals surface area (Å²) in [4.78, 5) is 11.7. The monoisotopic (exact) mass is 376 g/mol. The van der Waals surface area contributed by atoms with Crippen LogP contribution >= 0.6 is 0 Å². The molecule has 0 radical (unpaired) electrons. The molecular formula is C18H22N3O4S+. The first-order valence-electron chi connectivity index (χ1n) is 8.53. The molecule has 2 aromatic rings. The van der Waals surface area contributed by atoms with Crippen molar-refractivity contribution in [2.75, 3.05) is 26.2 Å². The number of sulfonamides is 1. The Morgan fingerprint density at radius 2 is 1.65 bits per heavy atom. The number of benzene rings is 2. The molecule has 0 amide bonds. The molecule has 26 heavy (non-hydrogen) atoms. The van der Waals surface area contributed by atoms with Crippen molar-refractivity contribution >= 4 is 15.7 Å². The van der Waals surface area contributed by atoms with Crippen molar-refractivity contribution in [3.05, 3.63) is 75.8 Å². The molecule has 0 aromatic heterocycles. The van der Waals surface area contributed by atoms with Crippen LogP contribution in [-0.4, -0.2) is 43.8 Å². The van der Waals surface area contributed by atoms with Gasteiger partial charge in [-0.3, -0.25) is 10.1 Å². The number of non-ortho nitro benzene ring substituents is 1. The first-order chi connectivity index (χ1) is 12.4. The van der Waals surface area contributed by atoms with Gasteiger partial charge in [0.1, 0.15) is 6.54 Å². The predicted octanol–water partition coefficient (Wildman–Crippen LogP) is 0.825. The fraction of sp³-hybridized carbons (Fsp3) is 0.333. The maximum absolute atomic E-state index is 12.6. The number of nitro groups is 1. The van der Waals surface area contributed by atoms with Crippen molar-refractivity contribution in [3.8, 4) is 0 Å². The first kappa shape index (κ1) is 18.5. The second-order valence-electron chi connectivity index (χ2n) is 6.49. The van der Waals surface area contributed by atoms with Gasteiger partial charge in [-0.25, -0.2) is 8.42 Å². The van der Waals surface area contributed by atoms with Crippen LogP contribution in [0.4, 0.5) is 5.69 Å². The number of nitrogens with zero attached hydrogens (tertiary/aromatic N) is 2. The summed E-state index contributed by atoms with van der Waals surface area (Å²) in [6.07, 6.45) is 0. The Morgan fingerprint density at radius 3 is 2.31 bits per heavy atom. The second kappa shape index (κ2) is 7.94. The highest BCUT2D eigenvalue weighted by atomic mass is 32.2. The zero-order valence-electron chi connectivity index (χ0n) is 14.4. The van der Waals surface area contributed by atoms with E-state index in [1.807, 2.05) is 36.4 Å². The fourth-order valence-corrected chi connectivity index (χ4v) is 4.74. The lowest BCUT2D eigenvalue weighted by Crippen LogP contribution is -3.13. The van der Waals surface area contributed by atoms with Crippen molar-refractivity contribution in [1.29, 1.82) is 0 Å². The van der Waals surface area contributed by atoms with E-state index in [1.165, 1.54) is 11.0 Å². The third kappa shape index (κ3) is 4.66. The van der Waals surface area contributed by atoms with Crippen molar-refractivity contribution in [2.24, 2.45) is 0 Å². The number of hydrogen-bond acceptors (Lipinski definition) is 4. The number of quaternary nitrogens is 1. The molecule has 1 fully saturated rings. The van der Waals surface area contributed by atoms with Gasteiger partial charge in [0.15, 0.2) is 0 Å². The minimum absolute atomic E-state index is 0.0219. The maximum Gasteiger partial charge on any atom is 0.269 e. The summed E-state index contributed by atoms with van der Waals surface area (Å²) >= 11 is 0. The largest absolute Gasteiger partial charge is 0.329 e. The number of nitro benzene ring substituents is 1. The third-order valence-corrected chi connectivity index (χ3v) is 6.44. The number of nitrogens with one attached hydrogen (secondary N) is 1. The molecule has 138 valence electrons. The highest BCUT2D eigenvalue weighted by molar-refractivity contribution is 7.88. The molecule has 3 rings (SSSR count). The average molecular weight is 376 g/mol. The topological polar surface area (TPSA) is 85.0 Å². The Labute approximate surface area is 153 Å². The normalized spacial score (nSPS) is 16.5. The van der Waals surface area contributed by atoms with Gasteiger partial charge in [0.25, 0.3) is 5.69 Å². The van der Waals surface area contributed by atoms with Gasteiger partial charge in [-0.15, -0.1) is 0 Å². The van der Waals surface area contributed by atoms with E-state index < -0.39 is 14.9 Å². The van der Waals surface area contributed by atoms with E-state index in [2.05, 4.69) is 0 Å². The Bertz CT molecular complexity index is 863. The number of piperazine rings is 1. The molecule has 7 nitrogen and oxygen atoms in total. The quantitative estimate of drug-likeness (QED) is 0.598. The van der Waals surface area contributed by atoms with E-state index >= 15 is 0 Å². The molecule has 0 aliphatic carbocycles. The predicted molar refractivity (Wildman–Crippen MR) is 98.1 cm³/mol. The van der Waals surface area contributed by atoms with Crippen LogP contribution in [0.3, 0.4) is 0 Å². The summed E-state index contributed by atoms with van der Waals surface area (Å²) in [5.41, 5.74) is 1.78. The van der Waals surface area contributed by atoms with E-state index in [0.717, 1.165) is 11.1 Å². The van der Waals surface area contributed by atoms with Crippen LogP contribution in [0.25, 0.3) is 0 Å². The molecule has 1 aliphatic rings. The summed E-state index contributed by atoms with van der Waals surface area (Å²) in [6.45, 7) is 2.99. The third-order valence-electron chi connectivity index (χ3n) is 4.59. The van der Waals surface area contributed by atoms with E-state index in [-0.39, 0.29) is 11.4 Å². The smallest absolute Gasteiger partial charge is 0.269 e. The Kier molecular flexibility index (Phi) is 5.65. The van der Waals surface area contributed by atoms with Crippen LogP contribution in [-0.2, 0) is 22.3 Å². The summed E-state index contributed by atoms with van der Waals surface area (Å²) in [7, 11) is -3.32. The molecule has 0 bridgehead atoms. The van der Waals surface area contributed by atoms with E-state index in [4.69, 9.17) is 0 Å². The molecule has 1 N–H and O–H groups in total. The van der Waals surface area contributed by atoms with Crippen molar-refractivity contribution in [2.45, 2.75) is 12.3 Å². The molecular weight excluding hydrogens is 354 g/mol. The number of rotatable bonds is 6. The van der Waals surface area contributed by atoms with E-state index in [1.54, 1.807) is 16.4 Å². The summed E-state index contributed by atoms with van der Waals surface area (Å²) in [5.74, 6) is 0.0219. The highest BCUT2D eigenvalue weighted by Crippen LogP contribution is 2.13. The molecule has 0 unspecified atom stereocenters. The zero-order chi connectivity index (χ0) is 18.6. The molecule has 2 aromatic carbocycles. The molecule has 1 saturated heterocycles. The van der Waals surface area contributed by atoms with Gasteiger partial charge in [-0.1, -0.05) is 42.5 Å². The summed E-state index contributed by atoms with van der Waals surface area (Å²) in [6, 6.07) is 15.8. The minimum atomic E-state index is -3.32. The van der Waals surface area contributed by atoms with Crippen molar-refractivity contribution in [1.82, 2.24) is 4.31 Å². The van der Waals surface area contributed by atoms with Gasteiger partial charge >= 0.3 is 0 Å². The summed E-state index contributed by atoms with van der Waals surface area (Å²) < 4.78 is 26.7. The number of hydrogen-bond donors (Lipinski definition) is 1. The second-order valence-corrected chi connectivity index (χ2v) is 8.46. The van der Waals surface area contributed by atoms with Crippen molar-refractivity contribution in [3.63, 3.8) is 0 Å². The fourth-order valence-electron chi connectivity index (χ4n) is 3.20. The lowest BCUT2D eigenvalue weighted by atomic mass is 10.2. The van der Waals surface area contributed by atoms with Gasteiger partial charge in [0.2, 0.25) is 10.0 Å². The van der Waals surface area contributed by atoms with Crippen molar-refractivity contribution < 1.29 is 18.2 Å². The Hall–Kier alpha value is -2.29. The van der Waals surface area contributed by atoms with Gasteiger partial charge in [-0.05, 0) is 5.56 Å². The maximum atomic E-state index is 12.6. The molecule has 0 spiro atoms. The summed E-state index contributed by atoms with van der Waals surface area (Å²) in [5, 5.41) is 10.9. The van der Waals surface area contributed by atoms with Gasteiger partial charge in [0, 0.05) is 17.7 Å². The standard InChI is InChI=1S/C18H21N3O4S/c22-21(23)18-8-4-7-17(13-18)14-19-9-11-20(12-10-19)26(24,25)15-16-5-2-1-3-6-16/h1-8,13H,9-12,14-15H2/p+1. The average Bonchev–Trinajstić information content (AvgIpc) is 2.63.